The monoisotopic (exact) mass is 335 g/mol. The predicted octanol–water partition coefficient (Wildman–Crippen LogP) is 4.12. The Morgan fingerprint density at radius 3 is 2.54 bits per heavy atom. The summed E-state index contributed by atoms with van der Waals surface area (Å²) in [7, 11) is 0. The predicted molar refractivity (Wildman–Crippen MR) is 96.1 cm³/mol. The van der Waals surface area contributed by atoms with Crippen LogP contribution in [0, 0.1) is 6.92 Å². The van der Waals surface area contributed by atoms with Crippen molar-refractivity contribution >= 4 is 22.4 Å². The molecule has 0 aliphatic carbocycles. The second kappa shape index (κ2) is 6.19. The third kappa shape index (κ3) is 2.62. The first kappa shape index (κ1) is 15.1. The van der Waals surface area contributed by atoms with Crippen molar-refractivity contribution in [1.82, 2.24) is 15.0 Å². The first-order valence-corrected chi connectivity index (χ1v) is 8.70. The van der Waals surface area contributed by atoms with Crippen molar-refractivity contribution < 1.29 is 5.11 Å². The standard InChI is InChI=1S/C19H17N3OS/c1-13-8-10-14(11-9-13)18(19(23)17-7-4-12-24-17)22-16-6-3-2-5-15(16)20-21-22/h2-12,18-19,23H,1H3. The van der Waals surface area contributed by atoms with Gasteiger partial charge in [-0.05, 0) is 36.1 Å². The molecule has 0 radical (unpaired) electrons. The maximum Gasteiger partial charge on any atom is 0.115 e. The zero-order valence-corrected chi connectivity index (χ0v) is 14.0. The van der Waals surface area contributed by atoms with Crippen LogP contribution in [0.1, 0.15) is 28.1 Å². The minimum atomic E-state index is -0.683. The van der Waals surface area contributed by atoms with Crippen molar-refractivity contribution in [2.75, 3.05) is 0 Å². The van der Waals surface area contributed by atoms with Gasteiger partial charge in [0.25, 0.3) is 0 Å². The molecule has 0 saturated heterocycles. The van der Waals surface area contributed by atoms with E-state index >= 15 is 0 Å². The highest BCUT2D eigenvalue weighted by molar-refractivity contribution is 7.10. The van der Waals surface area contributed by atoms with Gasteiger partial charge < -0.3 is 5.11 Å². The number of fused-ring (bicyclic) bond motifs is 1. The normalized spacial score (nSPS) is 13.9. The van der Waals surface area contributed by atoms with Gasteiger partial charge in [-0.2, -0.15) is 0 Å². The summed E-state index contributed by atoms with van der Waals surface area (Å²) in [6.45, 7) is 2.05. The molecule has 1 N–H and O–H groups in total. The highest BCUT2D eigenvalue weighted by Gasteiger charge is 2.27. The molecule has 0 saturated carbocycles. The van der Waals surface area contributed by atoms with Gasteiger partial charge in [0.2, 0.25) is 0 Å². The summed E-state index contributed by atoms with van der Waals surface area (Å²) >= 11 is 1.55. The molecule has 0 fully saturated rings. The van der Waals surface area contributed by atoms with Crippen LogP contribution in [0.25, 0.3) is 11.0 Å². The fourth-order valence-corrected chi connectivity index (χ4v) is 3.67. The van der Waals surface area contributed by atoms with E-state index < -0.39 is 6.10 Å². The van der Waals surface area contributed by atoms with Gasteiger partial charge in [0.15, 0.2) is 0 Å². The third-order valence-electron chi connectivity index (χ3n) is 4.19. The Balaban J connectivity index is 1.88. The van der Waals surface area contributed by atoms with E-state index in [1.807, 2.05) is 58.6 Å². The molecular weight excluding hydrogens is 318 g/mol. The molecule has 2 unspecified atom stereocenters. The zero-order chi connectivity index (χ0) is 16.5. The largest absolute Gasteiger partial charge is 0.385 e. The average molecular weight is 335 g/mol. The SMILES string of the molecule is Cc1ccc(C(C(O)c2cccs2)n2nnc3ccccc32)cc1. The summed E-state index contributed by atoms with van der Waals surface area (Å²) in [6, 6.07) is 19.6. The third-order valence-corrected chi connectivity index (χ3v) is 5.14. The summed E-state index contributed by atoms with van der Waals surface area (Å²) in [4.78, 5) is 0.917. The fraction of sp³-hybridized carbons (Fsp3) is 0.158. The molecule has 4 aromatic rings. The highest BCUT2D eigenvalue weighted by Crippen LogP contribution is 2.35. The maximum absolute atomic E-state index is 11.0. The Kier molecular flexibility index (Phi) is 3.88. The van der Waals surface area contributed by atoms with Crippen molar-refractivity contribution in [1.29, 1.82) is 0 Å². The number of hydrogen-bond acceptors (Lipinski definition) is 4. The average Bonchev–Trinajstić information content (AvgIpc) is 3.27. The van der Waals surface area contributed by atoms with Crippen LogP contribution in [0.15, 0.2) is 66.0 Å². The maximum atomic E-state index is 11.0. The number of thiophene rings is 1. The molecule has 2 heterocycles. The van der Waals surface area contributed by atoms with Crippen LogP contribution in [0.5, 0.6) is 0 Å². The van der Waals surface area contributed by atoms with Crippen LogP contribution in [0.3, 0.4) is 0 Å². The molecule has 0 bridgehead atoms. The molecule has 0 aliphatic rings. The Morgan fingerprint density at radius 1 is 1.00 bits per heavy atom. The first-order valence-electron chi connectivity index (χ1n) is 7.82. The van der Waals surface area contributed by atoms with Gasteiger partial charge in [0.1, 0.15) is 17.7 Å². The number of para-hydroxylation sites is 1. The van der Waals surface area contributed by atoms with E-state index in [0.717, 1.165) is 21.5 Å². The molecule has 2 atom stereocenters. The molecule has 0 aliphatic heterocycles. The molecule has 24 heavy (non-hydrogen) atoms. The van der Waals surface area contributed by atoms with Gasteiger partial charge in [0, 0.05) is 4.88 Å². The van der Waals surface area contributed by atoms with Gasteiger partial charge in [-0.1, -0.05) is 53.2 Å². The van der Waals surface area contributed by atoms with E-state index in [2.05, 4.69) is 29.4 Å². The van der Waals surface area contributed by atoms with Crippen LogP contribution in [-0.4, -0.2) is 20.1 Å². The molecule has 120 valence electrons. The van der Waals surface area contributed by atoms with Gasteiger partial charge in [-0.25, -0.2) is 4.68 Å². The molecule has 0 spiro atoms. The molecule has 4 rings (SSSR count). The van der Waals surface area contributed by atoms with Crippen LogP contribution in [-0.2, 0) is 0 Å². The molecule has 0 amide bonds. The van der Waals surface area contributed by atoms with E-state index in [9.17, 15) is 5.11 Å². The van der Waals surface area contributed by atoms with Crippen molar-refractivity contribution in [3.05, 3.63) is 82.0 Å². The van der Waals surface area contributed by atoms with E-state index in [0.29, 0.717) is 0 Å². The lowest BCUT2D eigenvalue weighted by atomic mass is 9.99. The minimum absolute atomic E-state index is 0.323. The number of aliphatic hydroxyl groups is 1. The quantitative estimate of drug-likeness (QED) is 0.610. The van der Waals surface area contributed by atoms with Gasteiger partial charge in [-0.3, -0.25) is 0 Å². The van der Waals surface area contributed by atoms with Crippen LogP contribution >= 0.6 is 11.3 Å². The van der Waals surface area contributed by atoms with Crippen LogP contribution in [0.2, 0.25) is 0 Å². The van der Waals surface area contributed by atoms with E-state index in [-0.39, 0.29) is 6.04 Å². The van der Waals surface area contributed by atoms with Crippen molar-refractivity contribution in [2.45, 2.75) is 19.1 Å². The van der Waals surface area contributed by atoms with E-state index in [4.69, 9.17) is 0 Å². The summed E-state index contributed by atoms with van der Waals surface area (Å²) in [5.74, 6) is 0. The summed E-state index contributed by atoms with van der Waals surface area (Å²) in [5, 5.41) is 21.6. The van der Waals surface area contributed by atoms with E-state index in [1.165, 1.54) is 5.56 Å². The van der Waals surface area contributed by atoms with E-state index in [1.54, 1.807) is 11.3 Å². The van der Waals surface area contributed by atoms with Crippen molar-refractivity contribution in [3.63, 3.8) is 0 Å². The number of nitrogens with zero attached hydrogens (tertiary/aromatic N) is 3. The summed E-state index contributed by atoms with van der Waals surface area (Å²) in [6.07, 6.45) is -0.683. The number of hydrogen-bond donors (Lipinski definition) is 1. The van der Waals surface area contributed by atoms with Gasteiger partial charge in [-0.15, -0.1) is 16.4 Å². The summed E-state index contributed by atoms with van der Waals surface area (Å²) < 4.78 is 1.82. The minimum Gasteiger partial charge on any atom is -0.385 e. The second-order valence-corrected chi connectivity index (χ2v) is 6.82. The Morgan fingerprint density at radius 2 is 1.79 bits per heavy atom. The molecule has 5 heteroatoms. The number of aliphatic hydroxyl groups excluding tert-OH is 1. The number of benzene rings is 2. The lowest BCUT2D eigenvalue weighted by Gasteiger charge is -2.23. The first-order chi connectivity index (χ1) is 11.7. The summed E-state index contributed by atoms with van der Waals surface area (Å²) in [5.41, 5.74) is 3.94. The number of aryl methyl sites for hydroxylation is 1. The van der Waals surface area contributed by atoms with Crippen LogP contribution < -0.4 is 0 Å². The Bertz CT molecular complexity index is 944. The fourth-order valence-electron chi connectivity index (χ4n) is 2.93. The van der Waals surface area contributed by atoms with Crippen molar-refractivity contribution in [3.8, 4) is 0 Å². The van der Waals surface area contributed by atoms with Crippen molar-refractivity contribution in [2.24, 2.45) is 0 Å². The topological polar surface area (TPSA) is 50.9 Å². The highest BCUT2D eigenvalue weighted by atomic mass is 32.1. The second-order valence-electron chi connectivity index (χ2n) is 5.84. The molecule has 2 aromatic carbocycles. The number of aromatic nitrogens is 3. The molecular formula is C19H17N3OS. The van der Waals surface area contributed by atoms with Crippen LogP contribution in [0.4, 0.5) is 0 Å². The lowest BCUT2D eigenvalue weighted by molar-refractivity contribution is 0.130. The smallest absolute Gasteiger partial charge is 0.115 e. The zero-order valence-electron chi connectivity index (χ0n) is 13.2. The Labute approximate surface area is 144 Å². The Hall–Kier alpha value is -2.50. The number of rotatable bonds is 4. The lowest BCUT2D eigenvalue weighted by Crippen LogP contribution is -2.20. The van der Waals surface area contributed by atoms with Gasteiger partial charge in [0.05, 0.1) is 5.52 Å². The molecule has 4 nitrogen and oxygen atoms in total. The molecule has 2 aromatic heterocycles. The van der Waals surface area contributed by atoms with Gasteiger partial charge >= 0.3 is 0 Å².